The van der Waals surface area contributed by atoms with Crippen LogP contribution in [0.3, 0.4) is 0 Å². The molecule has 74 heavy (non-hydrogen) atoms. The molecule has 0 spiro atoms. The number of likely N-dealkylation sites (N-methyl/N-ethyl adjacent to an activating group) is 1. The van der Waals surface area contributed by atoms with E-state index in [9.17, 15) is 51.0 Å². The summed E-state index contributed by atoms with van der Waals surface area (Å²) >= 11 is 0. The van der Waals surface area contributed by atoms with E-state index >= 15 is 4.39 Å². The number of esters is 1. The van der Waals surface area contributed by atoms with E-state index in [1.54, 1.807) is 84.9 Å². The molecule has 5 N–H and O–H groups in total. The number of hydrogen-bond acceptors (Lipinski definition) is 10. The average Bonchev–Trinajstić information content (AvgIpc) is 3.40. The molecular weight excluding hydrogens is 1000 g/mol. The van der Waals surface area contributed by atoms with Crippen molar-refractivity contribution in [2.45, 2.75) is 63.6 Å². The predicted octanol–water partition coefficient (Wildman–Crippen LogP) is 9.12. The van der Waals surface area contributed by atoms with E-state index in [0.29, 0.717) is 11.1 Å². The predicted molar refractivity (Wildman–Crippen MR) is 259 cm³/mol. The maximum absolute atomic E-state index is 15.6. The van der Waals surface area contributed by atoms with Crippen LogP contribution in [-0.4, -0.2) is 71.8 Å². The molecule has 6 aromatic carbocycles. The van der Waals surface area contributed by atoms with E-state index in [4.69, 9.17) is 24.7 Å². The van der Waals surface area contributed by atoms with Crippen LogP contribution in [0.2, 0.25) is 0 Å². The SMILES string of the molecule is CN(C(=O)[C@H](N)CCCNC(=O)OCc1ccccc1)[C@@H](Cc1cc(-c2ccc(OCc3ccccc3)c(C[C@H](NC(=O)OCc3ccccc3)C(=O)Oc3c(F)c(F)c(F)c(F)c3F)c2)ccc1F)C(=O)O.Cl. The number of carbonyl (C=O) groups is 5. The number of nitrogens with one attached hydrogen (secondary N) is 2. The van der Waals surface area contributed by atoms with Crippen molar-refractivity contribution >= 4 is 42.4 Å². The molecule has 3 atom stereocenters. The smallest absolute Gasteiger partial charge is 0.408 e. The summed E-state index contributed by atoms with van der Waals surface area (Å²) in [6, 6.07) is 29.4. The molecule has 0 bridgehead atoms. The van der Waals surface area contributed by atoms with Gasteiger partial charge >= 0.3 is 24.1 Å². The Balaban J connectivity index is 0.0000101. The van der Waals surface area contributed by atoms with Crippen molar-refractivity contribution in [1.29, 1.82) is 0 Å². The molecule has 21 heteroatoms. The molecule has 0 radical (unpaired) electrons. The lowest BCUT2D eigenvalue weighted by atomic mass is 9.95. The molecular formula is C53H49ClF6N4O10. The van der Waals surface area contributed by atoms with Gasteiger partial charge in [-0.05, 0) is 76.1 Å². The Morgan fingerprint density at radius 2 is 1.14 bits per heavy atom. The molecule has 0 saturated heterocycles. The highest BCUT2D eigenvalue weighted by atomic mass is 35.5. The fourth-order valence-electron chi connectivity index (χ4n) is 7.30. The highest BCUT2D eigenvalue weighted by molar-refractivity contribution is 5.87. The molecule has 0 aliphatic heterocycles. The second kappa shape index (κ2) is 27.1. The maximum Gasteiger partial charge on any atom is 0.408 e. The van der Waals surface area contributed by atoms with Gasteiger partial charge in [0.05, 0.1) is 6.04 Å². The minimum absolute atomic E-state index is 0. The summed E-state index contributed by atoms with van der Waals surface area (Å²) in [7, 11) is 1.21. The Morgan fingerprint density at radius 3 is 1.69 bits per heavy atom. The molecule has 0 aliphatic rings. The first-order chi connectivity index (χ1) is 35.0. The molecule has 0 saturated carbocycles. The van der Waals surface area contributed by atoms with Crippen molar-refractivity contribution in [3.8, 4) is 22.6 Å². The van der Waals surface area contributed by atoms with Crippen molar-refractivity contribution in [3.63, 3.8) is 0 Å². The summed E-state index contributed by atoms with van der Waals surface area (Å²) in [5.41, 5.74) is 8.65. The topological polar surface area (TPSA) is 196 Å². The van der Waals surface area contributed by atoms with Gasteiger partial charge in [-0.25, -0.2) is 36.7 Å². The molecule has 0 aliphatic carbocycles. The Labute approximate surface area is 426 Å². The minimum atomic E-state index is -2.50. The van der Waals surface area contributed by atoms with E-state index in [-0.39, 0.29) is 79.6 Å². The molecule has 6 rings (SSSR count). The van der Waals surface area contributed by atoms with Gasteiger partial charge in [0.25, 0.3) is 0 Å². The standard InChI is InChI=1S/C53H48F6N4O10.ClH/c1-63(49(64)39(60)18-11-23-61-52(68)71-29-32-14-7-3-8-15-32)41(50(65)66)27-36-24-34(19-21-38(36)54)35-20-22-42(70-28-31-12-5-2-6-13-31)37(25-35)26-40(62-53(69)72-30-33-16-9-4-10-17-33)51(67)73-48-46(58)44(56)43(55)45(57)47(48)59;/h2-10,12-17,19-22,24-25,39-41H,11,18,23,26-30,60H2,1H3,(H,61,68)(H,62,69)(H,65,66);1H/t39-,40+,41+;/m1./s1. The molecule has 0 fully saturated rings. The first kappa shape index (κ1) is 56.8. The zero-order chi connectivity index (χ0) is 52.6. The fourth-order valence-corrected chi connectivity index (χ4v) is 7.30. The summed E-state index contributed by atoms with van der Waals surface area (Å²) in [5.74, 6) is -18.8. The third kappa shape index (κ3) is 15.5. The summed E-state index contributed by atoms with van der Waals surface area (Å²) in [6.45, 7) is -0.217. The van der Waals surface area contributed by atoms with Gasteiger partial charge < -0.3 is 45.3 Å². The Hall–Kier alpha value is -8.10. The van der Waals surface area contributed by atoms with E-state index in [1.807, 2.05) is 6.07 Å². The first-order valence-corrected chi connectivity index (χ1v) is 22.5. The number of carboxylic acid groups (broad SMARTS) is 1. The van der Waals surface area contributed by atoms with Gasteiger partial charge in [0.15, 0.2) is 0 Å². The van der Waals surface area contributed by atoms with Gasteiger partial charge in [0.1, 0.15) is 43.5 Å². The number of ether oxygens (including phenoxy) is 4. The summed E-state index contributed by atoms with van der Waals surface area (Å²) in [6.07, 6.45) is -2.83. The zero-order valence-electron chi connectivity index (χ0n) is 39.3. The van der Waals surface area contributed by atoms with Crippen LogP contribution in [0.15, 0.2) is 127 Å². The number of nitrogens with two attached hydrogens (primary N) is 1. The number of rotatable bonds is 22. The molecule has 0 aromatic heterocycles. The van der Waals surface area contributed by atoms with Crippen molar-refractivity contribution in [2.75, 3.05) is 13.6 Å². The summed E-state index contributed by atoms with van der Waals surface area (Å²) in [4.78, 5) is 66.0. The van der Waals surface area contributed by atoms with Gasteiger partial charge in [-0.3, -0.25) is 4.79 Å². The molecule has 0 unspecified atom stereocenters. The van der Waals surface area contributed by atoms with Crippen molar-refractivity contribution in [3.05, 3.63) is 190 Å². The summed E-state index contributed by atoms with van der Waals surface area (Å²) in [5, 5.41) is 15.1. The molecule has 3 amide bonds. The van der Waals surface area contributed by atoms with Crippen LogP contribution >= 0.6 is 12.4 Å². The molecule has 14 nitrogen and oxygen atoms in total. The minimum Gasteiger partial charge on any atom is -0.489 e. The van der Waals surface area contributed by atoms with Crippen LogP contribution in [0, 0.1) is 34.9 Å². The van der Waals surface area contributed by atoms with Crippen LogP contribution in [0.25, 0.3) is 11.1 Å². The lowest BCUT2D eigenvalue weighted by Gasteiger charge is -2.28. The fraction of sp³-hybridized carbons (Fsp3) is 0.226. The van der Waals surface area contributed by atoms with Crippen LogP contribution < -0.4 is 25.8 Å². The largest absolute Gasteiger partial charge is 0.489 e. The van der Waals surface area contributed by atoms with Gasteiger partial charge in [0.2, 0.25) is 40.7 Å². The van der Waals surface area contributed by atoms with Crippen LogP contribution in [0.1, 0.15) is 40.7 Å². The number of hydrogen-bond donors (Lipinski definition) is 4. The number of nitrogens with zero attached hydrogens (tertiary/aromatic N) is 1. The Bertz CT molecular complexity index is 2880. The first-order valence-electron chi connectivity index (χ1n) is 22.5. The second-order valence-corrected chi connectivity index (χ2v) is 16.4. The lowest BCUT2D eigenvalue weighted by molar-refractivity contribution is -0.149. The van der Waals surface area contributed by atoms with E-state index in [1.165, 1.54) is 37.4 Å². The van der Waals surface area contributed by atoms with Gasteiger partial charge in [-0.1, -0.05) is 103 Å². The van der Waals surface area contributed by atoms with E-state index in [2.05, 4.69) is 10.6 Å². The molecule has 6 aromatic rings. The second-order valence-electron chi connectivity index (χ2n) is 16.4. The number of carbonyl (C=O) groups excluding carboxylic acids is 4. The van der Waals surface area contributed by atoms with E-state index in [0.717, 1.165) is 16.5 Å². The van der Waals surface area contributed by atoms with Crippen LogP contribution in [0.4, 0.5) is 35.9 Å². The lowest BCUT2D eigenvalue weighted by Crippen LogP contribution is -2.50. The monoisotopic (exact) mass is 1050 g/mol. The highest BCUT2D eigenvalue weighted by Crippen LogP contribution is 2.33. The van der Waals surface area contributed by atoms with Gasteiger partial charge in [-0.15, -0.1) is 12.4 Å². The number of alkyl carbamates (subject to hydrolysis) is 2. The van der Waals surface area contributed by atoms with Crippen LogP contribution in [0.5, 0.6) is 11.5 Å². The van der Waals surface area contributed by atoms with Crippen LogP contribution in [-0.2, 0) is 56.5 Å². The van der Waals surface area contributed by atoms with Gasteiger partial charge in [-0.2, -0.15) is 8.78 Å². The average molecular weight is 1050 g/mol. The third-order valence-corrected chi connectivity index (χ3v) is 11.3. The maximum atomic E-state index is 15.6. The van der Waals surface area contributed by atoms with E-state index < -0.39 is 102 Å². The number of amides is 3. The zero-order valence-corrected chi connectivity index (χ0v) is 40.2. The Kier molecular flexibility index (Phi) is 20.8. The van der Waals surface area contributed by atoms with Gasteiger partial charge in [0, 0.05) is 26.4 Å². The summed E-state index contributed by atoms with van der Waals surface area (Å²) < 4.78 is 109. The third-order valence-electron chi connectivity index (χ3n) is 11.3. The number of halogens is 7. The number of benzene rings is 6. The number of aliphatic carboxylic acids is 1. The highest BCUT2D eigenvalue weighted by Gasteiger charge is 2.34. The van der Waals surface area contributed by atoms with Crippen molar-refractivity contribution < 1.29 is 74.4 Å². The quantitative estimate of drug-likeness (QED) is 0.0126. The van der Waals surface area contributed by atoms with Crippen molar-refractivity contribution in [2.24, 2.45) is 5.73 Å². The molecule has 390 valence electrons. The molecule has 0 heterocycles. The normalized spacial score (nSPS) is 12.0. The number of carboxylic acids is 1. The van der Waals surface area contributed by atoms with Crippen molar-refractivity contribution in [1.82, 2.24) is 15.5 Å². The Morgan fingerprint density at radius 1 is 0.635 bits per heavy atom.